The van der Waals surface area contributed by atoms with Crippen molar-refractivity contribution in [3.05, 3.63) is 69.5 Å². The number of hydrogen-bond acceptors (Lipinski definition) is 4. The summed E-state index contributed by atoms with van der Waals surface area (Å²) in [6.45, 7) is 3.34. The second-order valence-corrected chi connectivity index (χ2v) is 6.59. The van der Waals surface area contributed by atoms with Crippen LogP contribution >= 0.6 is 11.6 Å². The Morgan fingerprint density at radius 1 is 1.11 bits per heavy atom. The number of aromatic nitrogens is 1. The van der Waals surface area contributed by atoms with Crippen LogP contribution in [0.3, 0.4) is 0 Å². The molecule has 28 heavy (non-hydrogen) atoms. The summed E-state index contributed by atoms with van der Waals surface area (Å²) in [6, 6.07) is 14.0. The maximum absolute atomic E-state index is 13.4. The summed E-state index contributed by atoms with van der Waals surface area (Å²) < 4.78 is 6.68. The van der Waals surface area contributed by atoms with Gasteiger partial charge in [0.25, 0.3) is 11.5 Å². The highest BCUT2D eigenvalue weighted by Crippen LogP contribution is 2.34. The fourth-order valence-corrected chi connectivity index (χ4v) is 3.39. The number of esters is 1. The van der Waals surface area contributed by atoms with Crippen LogP contribution < -0.4 is 15.2 Å². The van der Waals surface area contributed by atoms with Gasteiger partial charge in [-0.05, 0) is 31.2 Å². The Hall–Kier alpha value is -3.12. The second-order valence-electron chi connectivity index (χ2n) is 6.18. The highest BCUT2D eigenvalue weighted by Gasteiger charge is 2.28. The number of aryl methyl sites for hydroxylation is 1. The quantitative estimate of drug-likeness (QED) is 0.627. The SMILES string of the molecule is CCN(C(=O)c1c(OC(C)=O)c2c(Cl)cccc2n(C)c1=O)c1ccccc1. The van der Waals surface area contributed by atoms with Crippen LogP contribution in [-0.4, -0.2) is 23.0 Å². The molecule has 0 saturated carbocycles. The number of carbonyl (C=O) groups is 2. The number of fused-ring (bicyclic) bond motifs is 1. The molecule has 0 spiro atoms. The number of benzene rings is 2. The summed E-state index contributed by atoms with van der Waals surface area (Å²) in [5.41, 5.74) is 0.299. The molecule has 0 atom stereocenters. The van der Waals surface area contributed by atoms with Crippen molar-refractivity contribution < 1.29 is 14.3 Å². The first-order chi connectivity index (χ1) is 13.4. The van der Waals surface area contributed by atoms with E-state index in [-0.39, 0.29) is 16.3 Å². The van der Waals surface area contributed by atoms with Crippen LogP contribution in [0, 0.1) is 0 Å². The van der Waals surface area contributed by atoms with E-state index in [1.165, 1.54) is 16.4 Å². The van der Waals surface area contributed by atoms with Gasteiger partial charge in [-0.1, -0.05) is 35.9 Å². The van der Waals surface area contributed by atoms with Gasteiger partial charge in [0.2, 0.25) is 0 Å². The first-order valence-electron chi connectivity index (χ1n) is 8.73. The third-order valence-corrected chi connectivity index (χ3v) is 4.73. The Bertz CT molecular complexity index is 1120. The molecule has 1 aromatic heterocycles. The summed E-state index contributed by atoms with van der Waals surface area (Å²) in [4.78, 5) is 39.7. The van der Waals surface area contributed by atoms with Gasteiger partial charge in [-0.25, -0.2) is 0 Å². The van der Waals surface area contributed by atoms with Crippen LogP contribution in [0.1, 0.15) is 24.2 Å². The summed E-state index contributed by atoms with van der Waals surface area (Å²) in [7, 11) is 1.55. The van der Waals surface area contributed by atoms with Crippen molar-refractivity contribution >= 4 is 40.1 Å². The van der Waals surface area contributed by atoms with E-state index in [1.54, 1.807) is 56.4 Å². The highest BCUT2D eigenvalue weighted by atomic mass is 35.5. The maximum Gasteiger partial charge on any atom is 0.308 e. The summed E-state index contributed by atoms with van der Waals surface area (Å²) in [5.74, 6) is -1.32. The van der Waals surface area contributed by atoms with Gasteiger partial charge >= 0.3 is 5.97 Å². The lowest BCUT2D eigenvalue weighted by Crippen LogP contribution is -2.37. The van der Waals surface area contributed by atoms with Gasteiger partial charge in [0.1, 0.15) is 5.56 Å². The zero-order valence-corrected chi connectivity index (χ0v) is 16.5. The Labute approximate surface area is 166 Å². The average Bonchev–Trinajstić information content (AvgIpc) is 2.67. The lowest BCUT2D eigenvalue weighted by atomic mass is 10.1. The molecule has 6 nitrogen and oxygen atoms in total. The predicted molar refractivity (Wildman–Crippen MR) is 109 cm³/mol. The van der Waals surface area contributed by atoms with Gasteiger partial charge in [-0.3, -0.25) is 14.4 Å². The number of ether oxygens (including phenoxy) is 1. The Balaban J connectivity index is 2.34. The molecule has 0 aliphatic heterocycles. The van der Waals surface area contributed by atoms with E-state index in [1.807, 2.05) is 6.07 Å². The Kier molecular flexibility index (Phi) is 5.51. The molecule has 144 valence electrons. The normalized spacial score (nSPS) is 10.7. The number of anilines is 1. The van der Waals surface area contributed by atoms with Crippen LogP contribution in [-0.2, 0) is 11.8 Å². The predicted octanol–water partition coefficient (Wildman–Crippen LogP) is 3.78. The zero-order chi connectivity index (χ0) is 20.4. The molecule has 0 unspecified atom stereocenters. The molecule has 0 saturated heterocycles. The van der Waals surface area contributed by atoms with Gasteiger partial charge < -0.3 is 14.2 Å². The number of pyridine rings is 1. The van der Waals surface area contributed by atoms with Crippen LogP contribution in [0.4, 0.5) is 5.69 Å². The first kappa shape index (κ1) is 19.6. The third-order valence-electron chi connectivity index (χ3n) is 4.41. The topological polar surface area (TPSA) is 68.6 Å². The standard InChI is InChI=1S/C21H19ClN2O4/c1-4-24(14-9-6-5-7-10-14)21(27)18-19(28-13(2)25)17-15(22)11-8-12-16(17)23(3)20(18)26/h5-12H,4H2,1-3H3. The Morgan fingerprint density at radius 3 is 2.39 bits per heavy atom. The number of halogens is 1. The van der Waals surface area contributed by atoms with Crippen LogP contribution in [0.5, 0.6) is 5.75 Å². The minimum Gasteiger partial charge on any atom is -0.425 e. The molecular formula is C21H19ClN2O4. The van der Waals surface area contributed by atoms with E-state index in [0.29, 0.717) is 23.1 Å². The monoisotopic (exact) mass is 398 g/mol. The van der Waals surface area contributed by atoms with Crippen molar-refractivity contribution in [2.75, 3.05) is 11.4 Å². The molecule has 1 heterocycles. The molecular weight excluding hydrogens is 380 g/mol. The van der Waals surface area contributed by atoms with E-state index in [9.17, 15) is 14.4 Å². The first-order valence-corrected chi connectivity index (χ1v) is 9.11. The van der Waals surface area contributed by atoms with Crippen LogP contribution in [0.15, 0.2) is 53.3 Å². The minimum absolute atomic E-state index is 0.115. The van der Waals surface area contributed by atoms with Crippen LogP contribution in [0.25, 0.3) is 10.9 Å². The van der Waals surface area contributed by atoms with Crippen molar-refractivity contribution in [2.24, 2.45) is 7.05 Å². The van der Waals surface area contributed by atoms with Crippen molar-refractivity contribution in [1.82, 2.24) is 4.57 Å². The van der Waals surface area contributed by atoms with Crippen molar-refractivity contribution in [2.45, 2.75) is 13.8 Å². The molecule has 0 aliphatic rings. The number of carbonyl (C=O) groups excluding carboxylic acids is 2. The van der Waals surface area contributed by atoms with Gasteiger partial charge in [0.05, 0.1) is 15.9 Å². The van der Waals surface area contributed by atoms with Gasteiger partial charge in [0.15, 0.2) is 5.75 Å². The maximum atomic E-state index is 13.4. The molecule has 0 radical (unpaired) electrons. The van der Waals surface area contributed by atoms with Gasteiger partial charge in [-0.15, -0.1) is 0 Å². The van der Waals surface area contributed by atoms with E-state index in [2.05, 4.69) is 0 Å². The van der Waals surface area contributed by atoms with E-state index in [4.69, 9.17) is 16.3 Å². The molecule has 3 aromatic rings. The number of rotatable bonds is 4. The van der Waals surface area contributed by atoms with Crippen LogP contribution in [0.2, 0.25) is 5.02 Å². The number of para-hydroxylation sites is 1. The zero-order valence-electron chi connectivity index (χ0n) is 15.7. The highest BCUT2D eigenvalue weighted by molar-refractivity contribution is 6.36. The number of nitrogens with zero attached hydrogens (tertiary/aromatic N) is 2. The largest absolute Gasteiger partial charge is 0.425 e. The summed E-state index contributed by atoms with van der Waals surface area (Å²) >= 11 is 6.35. The Morgan fingerprint density at radius 2 is 1.79 bits per heavy atom. The van der Waals surface area contributed by atoms with E-state index >= 15 is 0 Å². The summed E-state index contributed by atoms with van der Waals surface area (Å²) in [5, 5.41) is 0.620. The van der Waals surface area contributed by atoms with Gasteiger partial charge in [0, 0.05) is 26.2 Å². The molecule has 0 N–H and O–H groups in total. The van der Waals surface area contributed by atoms with Crippen molar-refractivity contribution in [1.29, 1.82) is 0 Å². The minimum atomic E-state index is -0.647. The molecule has 3 rings (SSSR count). The fourth-order valence-electron chi connectivity index (χ4n) is 3.14. The van der Waals surface area contributed by atoms with Gasteiger partial charge in [-0.2, -0.15) is 0 Å². The van der Waals surface area contributed by atoms with Crippen molar-refractivity contribution in [3.63, 3.8) is 0 Å². The molecule has 0 bridgehead atoms. The molecule has 0 fully saturated rings. The molecule has 7 heteroatoms. The number of amides is 1. The molecule has 0 aliphatic carbocycles. The molecule has 2 aromatic carbocycles. The third kappa shape index (κ3) is 3.39. The fraction of sp³-hybridized carbons (Fsp3) is 0.190. The van der Waals surface area contributed by atoms with Crippen molar-refractivity contribution in [3.8, 4) is 5.75 Å². The lowest BCUT2D eigenvalue weighted by Gasteiger charge is -2.23. The second kappa shape index (κ2) is 7.86. The van der Waals surface area contributed by atoms with E-state index in [0.717, 1.165) is 0 Å². The molecule has 1 amide bonds. The average molecular weight is 399 g/mol. The van der Waals surface area contributed by atoms with E-state index < -0.39 is 17.4 Å². The number of hydrogen-bond donors (Lipinski definition) is 0. The lowest BCUT2D eigenvalue weighted by molar-refractivity contribution is -0.131. The smallest absolute Gasteiger partial charge is 0.308 e. The summed E-state index contributed by atoms with van der Waals surface area (Å²) in [6.07, 6.45) is 0.